The van der Waals surface area contributed by atoms with Crippen molar-refractivity contribution in [3.05, 3.63) is 35.7 Å². The van der Waals surface area contributed by atoms with Crippen LogP contribution in [0.2, 0.25) is 0 Å². The molecule has 1 aromatic carbocycles. The first-order chi connectivity index (χ1) is 8.96. The van der Waals surface area contributed by atoms with Gasteiger partial charge in [-0.25, -0.2) is 9.97 Å². The molecule has 1 aromatic heterocycles. The summed E-state index contributed by atoms with van der Waals surface area (Å²) in [6.07, 6.45) is -4.85. The average molecular weight is 286 g/mol. The van der Waals surface area contributed by atoms with Crippen LogP contribution in [0.5, 0.6) is 0 Å². The minimum Gasteiger partial charge on any atom is -0.250 e. The molecule has 102 valence electrons. The van der Waals surface area contributed by atoms with Gasteiger partial charge in [-0.2, -0.15) is 24.9 Å². The quantitative estimate of drug-likeness (QED) is 0.791. The highest BCUT2D eigenvalue weighted by Crippen LogP contribution is 2.24. The van der Waals surface area contributed by atoms with E-state index in [-0.39, 0.29) is 5.75 Å². The SMILES string of the molecule is Cc1nc2ccccc2nc1CSCCC(F)(F)F. The second kappa shape index (κ2) is 5.77. The molecular weight excluding hydrogens is 273 g/mol. The average Bonchev–Trinajstić information content (AvgIpc) is 2.33. The van der Waals surface area contributed by atoms with Crippen molar-refractivity contribution >= 4 is 22.8 Å². The van der Waals surface area contributed by atoms with Crippen LogP contribution < -0.4 is 0 Å². The monoisotopic (exact) mass is 286 g/mol. The van der Waals surface area contributed by atoms with Gasteiger partial charge in [0.05, 0.1) is 28.8 Å². The van der Waals surface area contributed by atoms with Gasteiger partial charge in [-0.15, -0.1) is 0 Å². The predicted octanol–water partition coefficient (Wildman–Crippen LogP) is 4.12. The van der Waals surface area contributed by atoms with Gasteiger partial charge in [-0.1, -0.05) is 12.1 Å². The lowest BCUT2D eigenvalue weighted by Crippen LogP contribution is -2.08. The third-order valence-corrected chi connectivity index (χ3v) is 3.58. The fourth-order valence-corrected chi connectivity index (χ4v) is 2.61. The number of alkyl halides is 3. The van der Waals surface area contributed by atoms with Gasteiger partial charge in [0.2, 0.25) is 0 Å². The molecule has 0 unspecified atom stereocenters. The van der Waals surface area contributed by atoms with Crippen LogP contribution in [-0.2, 0) is 5.75 Å². The Morgan fingerprint density at radius 3 is 2.37 bits per heavy atom. The van der Waals surface area contributed by atoms with Crippen LogP contribution in [0.15, 0.2) is 24.3 Å². The molecule has 0 saturated carbocycles. The number of hydrogen-bond donors (Lipinski definition) is 0. The summed E-state index contributed by atoms with van der Waals surface area (Å²) < 4.78 is 36.1. The maximum Gasteiger partial charge on any atom is 0.389 e. The van der Waals surface area contributed by atoms with Crippen LogP contribution in [0.4, 0.5) is 13.2 Å². The number of nitrogens with zero attached hydrogens (tertiary/aromatic N) is 2. The Balaban J connectivity index is 2.02. The number of aryl methyl sites for hydroxylation is 1. The second-order valence-corrected chi connectivity index (χ2v) is 5.27. The fourth-order valence-electron chi connectivity index (χ4n) is 1.62. The van der Waals surface area contributed by atoms with E-state index >= 15 is 0 Å². The first-order valence-corrected chi connectivity index (χ1v) is 6.98. The van der Waals surface area contributed by atoms with Crippen molar-refractivity contribution in [3.63, 3.8) is 0 Å². The van der Waals surface area contributed by atoms with E-state index in [0.29, 0.717) is 5.75 Å². The summed E-state index contributed by atoms with van der Waals surface area (Å²) in [7, 11) is 0. The summed E-state index contributed by atoms with van der Waals surface area (Å²) in [5.41, 5.74) is 3.12. The van der Waals surface area contributed by atoms with Gasteiger partial charge in [0.25, 0.3) is 0 Å². The predicted molar refractivity (Wildman–Crippen MR) is 71.1 cm³/mol. The molecule has 0 aliphatic heterocycles. The summed E-state index contributed by atoms with van der Waals surface area (Å²) in [6.45, 7) is 1.83. The molecule has 0 saturated heterocycles. The van der Waals surface area contributed by atoms with Crippen LogP contribution in [0.25, 0.3) is 11.0 Å². The third kappa shape index (κ3) is 4.09. The molecule has 6 heteroatoms. The molecule has 0 aliphatic rings. The van der Waals surface area contributed by atoms with Crippen molar-refractivity contribution in [3.8, 4) is 0 Å². The largest absolute Gasteiger partial charge is 0.389 e. The fraction of sp³-hybridized carbons (Fsp3) is 0.385. The van der Waals surface area contributed by atoms with Crippen molar-refractivity contribution in [1.82, 2.24) is 9.97 Å². The van der Waals surface area contributed by atoms with Gasteiger partial charge >= 0.3 is 6.18 Å². The number of para-hydroxylation sites is 2. The minimum absolute atomic E-state index is 0.0530. The maximum atomic E-state index is 12.0. The number of halogens is 3. The standard InChI is InChI=1S/C13H13F3N2S/c1-9-12(8-19-7-6-13(14,15)16)18-11-5-3-2-4-10(11)17-9/h2-5H,6-8H2,1H3. The van der Waals surface area contributed by atoms with Crippen LogP contribution in [0.1, 0.15) is 17.8 Å². The summed E-state index contributed by atoms with van der Waals surface area (Å²) in [6, 6.07) is 7.47. The number of thioether (sulfide) groups is 1. The first-order valence-electron chi connectivity index (χ1n) is 5.82. The molecule has 0 atom stereocenters. The Bertz CT molecular complexity index is 569. The summed E-state index contributed by atoms with van der Waals surface area (Å²) >= 11 is 1.23. The molecule has 0 aliphatic carbocycles. The summed E-state index contributed by atoms with van der Waals surface area (Å²) in [5, 5.41) is 0. The zero-order chi connectivity index (χ0) is 13.9. The highest BCUT2D eigenvalue weighted by molar-refractivity contribution is 7.98. The molecule has 2 nitrogen and oxygen atoms in total. The normalized spacial score (nSPS) is 12.0. The molecule has 0 bridgehead atoms. The number of aromatic nitrogens is 2. The van der Waals surface area contributed by atoms with Gasteiger partial charge in [-0.05, 0) is 19.1 Å². The molecule has 0 amide bonds. The molecule has 0 spiro atoms. The number of fused-ring (bicyclic) bond motifs is 1. The van der Waals surface area contributed by atoms with Crippen molar-refractivity contribution in [2.75, 3.05) is 5.75 Å². The highest BCUT2D eigenvalue weighted by atomic mass is 32.2. The zero-order valence-electron chi connectivity index (χ0n) is 10.4. The van der Waals surface area contributed by atoms with Crippen LogP contribution in [-0.4, -0.2) is 21.9 Å². The zero-order valence-corrected chi connectivity index (χ0v) is 11.2. The molecule has 0 fully saturated rings. The van der Waals surface area contributed by atoms with E-state index in [2.05, 4.69) is 9.97 Å². The van der Waals surface area contributed by atoms with E-state index in [1.807, 2.05) is 31.2 Å². The van der Waals surface area contributed by atoms with Crippen molar-refractivity contribution in [2.45, 2.75) is 25.3 Å². The van der Waals surface area contributed by atoms with E-state index < -0.39 is 12.6 Å². The van der Waals surface area contributed by atoms with E-state index in [1.165, 1.54) is 11.8 Å². The highest BCUT2D eigenvalue weighted by Gasteiger charge is 2.26. The van der Waals surface area contributed by atoms with Crippen molar-refractivity contribution < 1.29 is 13.2 Å². The molecule has 1 heterocycles. The third-order valence-electron chi connectivity index (χ3n) is 2.61. The van der Waals surface area contributed by atoms with E-state index in [0.717, 1.165) is 22.4 Å². The Morgan fingerprint density at radius 2 is 1.74 bits per heavy atom. The van der Waals surface area contributed by atoms with Gasteiger partial charge in [0.1, 0.15) is 0 Å². The van der Waals surface area contributed by atoms with Crippen LogP contribution in [0.3, 0.4) is 0 Å². The lowest BCUT2D eigenvalue weighted by Gasteiger charge is -2.08. The molecule has 0 N–H and O–H groups in total. The Hall–Kier alpha value is -1.30. The molecule has 2 rings (SSSR count). The number of rotatable bonds is 4. The number of benzene rings is 1. The van der Waals surface area contributed by atoms with E-state index in [9.17, 15) is 13.2 Å². The second-order valence-electron chi connectivity index (χ2n) is 4.16. The lowest BCUT2D eigenvalue weighted by atomic mass is 10.2. The summed E-state index contributed by atoms with van der Waals surface area (Å²) in [5.74, 6) is 0.511. The molecule has 2 aromatic rings. The van der Waals surface area contributed by atoms with E-state index in [4.69, 9.17) is 0 Å². The van der Waals surface area contributed by atoms with Gasteiger partial charge in [0, 0.05) is 11.5 Å². The molecule has 0 radical (unpaired) electrons. The van der Waals surface area contributed by atoms with Crippen LogP contribution in [0, 0.1) is 6.92 Å². The molecule has 19 heavy (non-hydrogen) atoms. The Kier molecular flexibility index (Phi) is 4.29. The van der Waals surface area contributed by atoms with Gasteiger partial charge in [0.15, 0.2) is 0 Å². The van der Waals surface area contributed by atoms with Gasteiger partial charge < -0.3 is 0 Å². The van der Waals surface area contributed by atoms with Crippen LogP contribution >= 0.6 is 11.8 Å². The topological polar surface area (TPSA) is 25.8 Å². The van der Waals surface area contributed by atoms with E-state index in [1.54, 1.807) is 0 Å². The first kappa shape index (κ1) is 14.1. The summed E-state index contributed by atoms with van der Waals surface area (Å²) in [4.78, 5) is 8.85. The van der Waals surface area contributed by atoms with Gasteiger partial charge in [-0.3, -0.25) is 0 Å². The maximum absolute atomic E-state index is 12.0. The Labute approximate surface area is 113 Å². The van der Waals surface area contributed by atoms with Crippen molar-refractivity contribution in [2.24, 2.45) is 0 Å². The number of hydrogen-bond acceptors (Lipinski definition) is 3. The smallest absolute Gasteiger partial charge is 0.250 e. The lowest BCUT2D eigenvalue weighted by molar-refractivity contribution is -0.129. The van der Waals surface area contributed by atoms with Crippen molar-refractivity contribution in [1.29, 1.82) is 0 Å². The molecular formula is C13H13F3N2S. The minimum atomic E-state index is -4.09. The Morgan fingerprint density at radius 1 is 1.11 bits per heavy atom.